The van der Waals surface area contributed by atoms with Gasteiger partial charge in [-0.25, -0.2) is 4.79 Å². The molecular weight excluding hydrogens is 308 g/mol. The number of amides is 1. The monoisotopic (exact) mass is 340 g/mol. The first-order valence-corrected chi connectivity index (χ1v) is 9.57. The maximum absolute atomic E-state index is 12.3. The minimum absolute atomic E-state index is 0.107. The highest BCUT2D eigenvalue weighted by molar-refractivity contribution is 5.67. The summed E-state index contributed by atoms with van der Waals surface area (Å²) in [5, 5.41) is 9.67. The second-order valence-corrected chi connectivity index (χ2v) is 7.75. The van der Waals surface area contributed by atoms with E-state index in [2.05, 4.69) is 4.90 Å². The van der Waals surface area contributed by atoms with Crippen LogP contribution in [-0.2, 0) is 9.47 Å². The van der Waals surface area contributed by atoms with Crippen molar-refractivity contribution in [1.29, 1.82) is 0 Å². The van der Waals surface area contributed by atoms with Gasteiger partial charge in [-0.05, 0) is 32.2 Å². The Morgan fingerprint density at radius 2 is 1.79 bits per heavy atom. The molecule has 0 aromatic heterocycles. The minimum atomic E-state index is -0.147. The summed E-state index contributed by atoms with van der Waals surface area (Å²) in [4.78, 5) is 16.6. The molecule has 3 rings (SSSR count). The Morgan fingerprint density at radius 3 is 2.42 bits per heavy atom. The zero-order valence-corrected chi connectivity index (χ0v) is 14.8. The van der Waals surface area contributed by atoms with Crippen LogP contribution in [0.1, 0.15) is 44.9 Å². The zero-order chi connectivity index (χ0) is 16.8. The molecule has 6 heteroatoms. The van der Waals surface area contributed by atoms with Crippen LogP contribution in [-0.4, -0.2) is 79.6 Å². The van der Waals surface area contributed by atoms with Crippen LogP contribution in [0, 0.1) is 5.41 Å². The summed E-state index contributed by atoms with van der Waals surface area (Å²) in [6.07, 6.45) is 7.88. The second kappa shape index (κ2) is 8.50. The van der Waals surface area contributed by atoms with E-state index < -0.39 is 0 Å². The molecule has 3 heterocycles. The van der Waals surface area contributed by atoms with E-state index in [1.807, 2.05) is 4.90 Å². The van der Waals surface area contributed by atoms with Gasteiger partial charge >= 0.3 is 6.09 Å². The SMILES string of the molecule is O=C(OCC1CCCCN1CC1(CO)COC1)N1CCCCCC1. The van der Waals surface area contributed by atoms with E-state index >= 15 is 0 Å². The predicted octanol–water partition coefficient (Wildman–Crippen LogP) is 1.86. The predicted molar refractivity (Wildman–Crippen MR) is 90.9 cm³/mol. The third-order valence-corrected chi connectivity index (χ3v) is 5.70. The molecule has 1 N–H and O–H groups in total. The van der Waals surface area contributed by atoms with Crippen molar-refractivity contribution in [2.45, 2.75) is 51.0 Å². The van der Waals surface area contributed by atoms with E-state index in [9.17, 15) is 9.90 Å². The van der Waals surface area contributed by atoms with E-state index in [1.54, 1.807) is 0 Å². The Hall–Kier alpha value is -0.850. The Labute approximate surface area is 145 Å². The van der Waals surface area contributed by atoms with Gasteiger partial charge in [0.2, 0.25) is 0 Å². The summed E-state index contributed by atoms with van der Waals surface area (Å²) in [5.41, 5.74) is -0.107. The molecule has 0 spiro atoms. The standard InChI is InChI=1S/C18H32N2O4/c21-13-18(14-23-15-18)12-20-10-6-3-7-16(20)11-24-17(22)19-8-4-1-2-5-9-19/h16,21H,1-15H2. The van der Waals surface area contributed by atoms with Crippen LogP contribution in [0.2, 0.25) is 0 Å². The Morgan fingerprint density at radius 1 is 1.08 bits per heavy atom. The topological polar surface area (TPSA) is 62.2 Å². The van der Waals surface area contributed by atoms with Crippen LogP contribution in [0.25, 0.3) is 0 Å². The maximum Gasteiger partial charge on any atom is 0.409 e. The summed E-state index contributed by atoms with van der Waals surface area (Å²) < 4.78 is 11.0. The number of piperidine rings is 1. The molecule has 0 radical (unpaired) electrons. The van der Waals surface area contributed by atoms with Crippen molar-refractivity contribution < 1.29 is 19.4 Å². The molecule has 1 atom stereocenters. The fourth-order valence-corrected chi connectivity index (χ4v) is 4.02. The van der Waals surface area contributed by atoms with Gasteiger partial charge in [0, 0.05) is 25.7 Å². The quantitative estimate of drug-likeness (QED) is 0.828. The van der Waals surface area contributed by atoms with Crippen molar-refractivity contribution >= 4 is 6.09 Å². The molecule has 0 bridgehead atoms. The molecule has 1 unspecified atom stereocenters. The normalized spacial score (nSPS) is 28.0. The van der Waals surface area contributed by atoms with Crippen LogP contribution in [0.4, 0.5) is 4.79 Å². The first-order chi connectivity index (χ1) is 11.7. The summed E-state index contributed by atoms with van der Waals surface area (Å²) in [5.74, 6) is 0. The third-order valence-electron chi connectivity index (χ3n) is 5.70. The van der Waals surface area contributed by atoms with E-state index in [0.29, 0.717) is 19.8 Å². The molecule has 24 heavy (non-hydrogen) atoms. The van der Waals surface area contributed by atoms with Gasteiger partial charge in [0.15, 0.2) is 0 Å². The van der Waals surface area contributed by atoms with Crippen molar-refractivity contribution in [2.24, 2.45) is 5.41 Å². The lowest BCUT2D eigenvalue weighted by molar-refractivity contribution is -0.155. The number of rotatable bonds is 5. The minimum Gasteiger partial charge on any atom is -0.448 e. The first-order valence-electron chi connectivity index (χ1n) is 9.57. The zero-order valence-electron chi connectivity index (χ0n) is 14.8. The van der Waals surface area contributed by atoms with Gasteiger partial charge < -0.3 is 19.5 Å². The van der Waals surface area contributed by atoms with Gasteiger partial charge in [0.1, 0.15) is 6.61 Å². The van der Waals surface area contributed by atoms with Crippen molar-refractivity contribution in [3.05, 3.63) is 0 Å². The summed E-state index contributed by atoms with van der Waals surface area (Å²) in [7, 11) is 0. The van der Waals surface area contributed by atoms with Gasteiger partial charge in [0.25, 0.3) is 0 Å². The molecule has 0 saturated carbocycles. The highest BCUT2D eigenvalue weighted by atomic mass is 16.6. The van der Waals surface area contributed by atoms with Gasteiger partial charge in [0.05, 0.1) is 25.2 Å². The Kier molecular flexibility index (Phi) is 6.36. The number of ether oxygens (including phenoxy) is 2. The van der Waals surface area contributed by atoms with Gasteiger partial charge in [-0.2, -0.15) is 0 Å². The molecule has 0 aromatic rings. The van der Waals surface area contributed by atoms with Crippen molar-refractivity contribution in [1.82, 2.24) is 9.80 Å². The van der Waals surface area contributed by atoms with Gasteiger partial charge in [-0.1, -0.05) is 19.3 Å². The second-order valence-electron chi connectivity index (χ2n) is 7.75. The highest BCUT2D eigenvalue weighted by Gasteiger charge is 2.41. The molecule has 0 aliphatic carbocycles. The number of carbonyl (C=O) groups excluding carboxylic acids is 1. The van der Waals surface area contributed by atoms with Gasteiger partial charge in [-0.3, -0.25) is 4.90 Å². The molecule has 6 nitrogen and oxygen atoms in total. The smallest absolute Gasteiger partial charge is 0.409 e. The van der Waals surface area contributed by atoms with Crippen LogP contribution >= 0.6 is 0 Å². The van der Waals surface area contributed by atoms with Crippen molar-refractivity contribution in [2.75, 3.05) is 52.6 Å². The lowest BCUT2D eigenvalue weighted by atomic mass is 9.85. The molecule has 138 valence electrons. The number of aliphatic hydroxyl groups is 1. The van der Waals surface area contributed by atoms with E-state index in [0.717, 1.165) is 45.4 Å². The number of likely N-dealkylation sites (tertiary alicyclic amines) is 2. The molecule has 3 fully saturated rings. The van der Waals surface area contributed by atoms with E-state index in [-0.39, 0.29) is 24.2 Å². The van der Waals surface area contributed by atoms with Crippen LogP contribution in [0.3, 0.4) is 0 Å². The summed E-state index contributed by atoms with van der Waals surface area (Å²) in [6.45, 7) is 5.45. The summed E-state index contributed by atoms with van der Waals surface area (Å²) >= 11 is 0. The Bertz CT molecular complexity index is 400. The molecular formula is C18H32N2O4. The largest absolute Gasteiger partial charge is 0.448 e. The average Bonchev–Trinajstić information content (AvgIpc) is 2.86. The first kappa shape index (κ1) is 18.0. The van der Waals surface area contributed by atoms with Crippen LogP contribution in [0.15, 0.2) is 0 Å². The number of hydrogen-bond donors (Lipinski definition) is 1. The fourth-order valence-electron chi connectivity index (χ4n) is 4.02. The van der Waals surface area contributed by atoms with Crippen molar-refractivity contribution in [3.63, 3.8) is 0 Å². The number of aliphatic hydroxyl groups excluding tert-OH is 1. The van der Waals surface area contributed by atoms with Crippen molar-refractivity contribution in [3.8, 4) is 0 Å². The van der Waals surface area contributed by atoms with Crippen LogP contribution < -0.4 is 0 Å². The maximum atomic E-state index is 12.3. The average molecular weight is 340 g/mol. The number of nitrogens with zero attached hydrogens (tertiary/aromatic N) is 2. The van der Waals surface area contributed by atoms with Crippen LogP contribution in [0.5, 0.6) is 0 Å². The summed E-state index contributed by atoms with van der Waals surface area (Å²) in [6, 6.07) is 0.277. The third kappa shape index (κ3) is 4.41. The lowest BCUT2D eigenvalue weighted by Gasteiger charge is -2.46. The molecule has 0 aromatic carbocycles. The Balaban J connectivity index is 1.49. The van der Waals surface area contributed by atoms with E-state index in [4.69, 9.17) is 9.47 Å². The van der Waals surface area contributed by atoms with Gasteiger partial charge in [-0.15, -0.1) is 0 Å². The number of carbonyl (C=O) groups is 1. The highest BCUT2D eigenvalue weighted by Crippen LogP contribution is 2.30. The fraction of sp³-hybridized carbons (Fsp3) is 0.944. The molecule has 3 aliphatic rings. The van der Waals surface area contributed by atoms with E-state index in [1.165, 1.54) is 25.7 Å². The molecule has 1 amide bonds. The molecule has 3 aliphatic heterocycles. The molecule has 3 saturated heterocycles. The lowest BCUT2D eigenvalue weighted by Crippen LogP contribution is -2.57. The number of hydrogen-bond acceptors (Lipinski definition) is 5.